The number of carbonyl (C=O) groups excluding carboxylic acids is 1. The Morgan fingerprint density at radius 2 is 2.18 bits per heavy atom. The van der Waals surface area contributed by atoms with Crippen molar-refractivity contribution >= 4 is 29.3 Å². The van der Waals surface area contributed by atoms with Crippen LogP contribution in [0.25, 0.3) is 0 Å². The van der Waals surface area contributed by atoms with Crippen molar-refractivity contribution in [1.29, 1.82) is 0 Å². The van der Waals surface area contributed by atoms with E-state index in [9.17, 15) is 4.79 Å². The van der Waals surface area contributed by atoms with Crippen molar-refractivity contribution in [1.82, 2.24) is 5.43 Å². The van der Waals surface area contributed by atoms with E-state index >= 15 is 0 Å². The Balaban J connectivity index is 1.64. The van der Waals surface area contributed by atoms with Gasteiger partial charge in [0.2, 0.25) is 0 Å². The number of fused-ring (bicyclic) bond motifs is 1. The van der Waals surface area contributed by atoms with Gasteiger partial charge in [-0.05, 0) is 37.3 Å². The normalized spacial score (nSPS) is 14.1. The minimum Gasteiger partial charge on any atom is -0.440 e. The molecule has 2 aromatic heterocycles. The summed E-state index contributed by atoms with van der Waals surface area (Å²) in [5, 5.41) is 5.93. The molecule has 0 saturated heterocycles. The summed E-state index contributed by atoms with van der Waals surface area (Å²) in [5.41, 5.74) is 4.56. The maximum absolute atomic E-state index is 12.2. The van der Waals surface area contributed by atoms with E-state index < -0.39 is 0 Å². The van der Waals surface area contributed by atoms with Gasteiger partial charge in [-0.15, -0.1) is 11.3 Å². The number of hydrogen-bond donors (Lipinski definition) is 1. The van der Waals surface area contributed by atoms with E-state index in [4.69, 9.17) is 4.42 Å². The molecule has 6 heteroatoms. The molecule has 0 spiro atoms. The van der Waals surface area contributed by atoms with Crippen LogP contribution in [0.15, 0.2) is 27.0 Å². The molecule has 0 aromatic carbocycles. The fourth-order valence-electron chi connectivity index (χ4n) is 2.55. The number of rotatable bonds is 4. The molecule has 0 unspecified atom stereocenters. The largest absolute Gasteiger partial charge is 0.440 e. The zero-order valence-corrected chi connectivity index (χ0v) is 13.6. The second-order valence-electron chi connectivity index (χ2n) is 5.53. The lowest BCUT2D eigenvalue weighted by atomic mass is 9.96. The third-order valence-electron chi connectivity index (χ3n) is 3.72. The van der Waals surface area contributed by atoms with Gasteiger partial charge in [0, 0.05) is 30.4 Å². The van der Waals surface area contributed by atoms with Crippen LogP contribution < -0.4 is 10.3 Å². The summed E-state index contributed by atoms with van der Waals surface area (Å²) in [6, 6.07) is 3.68. The Bertz CT molecular complexity index is 700. The van der Waals surface area contributed by atoms with Crippen molar-refractivity contribution in [3.05, 3.63) is 39.3 Å². The number of hydrogen-bond acceptors (Lipinski definition) is 5. The SMILES string of the molecule is CN(C)c1ccc(C=NNC(=O)c2csc3c2CCCC3)o1. The van der Waals surface area contributed by atoms with Crippen LogP contribution >= 0.6 is 11.3 Å². The molecule has 0 radical (unpaired) electrons. The molecule has 1 N–H and O–H groups in total. The van der Waals surface area contributed by atoms with Crippen LogP contribution in [0.1, 0.15) is 39.4 Å². The summed E-state index contributed by atoms with van der Waals surface area (Å²) in [5.74, 6) is 1.21. The Kier molecular flexibility index (Phi) is 4.29. The molecule has 0 bridgehead atoms. The molecule has 22 heavy (non-hydrogen) atoms. The average molecular weight is 317 g/mol. The van der Waals surface area contributed by atoms with Gasteiger partial charge in [0.1, 0.15) is 5.76 Å². The van der Waals surface area contributed by atoms with Crippen LogP contribution in [0.4, 0.5) is 5.88 Å². The Hall–Kier alpha value is -2.08. The van der Waals surface area contributed by atoms with Crippen molar-refractivity contribution < 1.29 is 9.21 Å². The van der Waals surface area contributed by atoms with Gasteiger partial charge >= 0.3 is 0 Å². The molecule has 0 aliphatic heterocycles. The predicted molar refractivity (Wildman–Crippen MR) is 89.1 cm³/mol. The summed E-state index contributed by atoms with van der Waals surface area (Å²) in [7, 11) is 3.81. The molecule has 0 atom stereocenters. The first kappa shape index (κ1) is 14.8. The van der Waals surface area contributed by atoms with Crippen LogP contribution in [0.5, 0.6) is 0 Å². The molecule has 0 saturated carbocycles. The number of anilines is 1. The minimum atomic E-state index is -0.143. The summed E-state index contributed by atoms with van der Waals surface area (Å²) in [6.07, 6.45) is 5.99. The van der Waals surface area contributed by atoms with E-state index in [0.717, 1.165) is 30.7 Å². The van der Waals surface area contributed by atoms with Gasteiger partial charge < -0.3 is 9.32 Å². The second-order valence-corrected chi connectivity index (χ2v) is 6.49. The Morgan fingerprint density at radius 1 is 1.36 bits per heavy atom. The molecular formula is C16H19N3O2S. The highest BCUT2D eigenvalue weighted by molar-refractivity contribution is 7.10. The number of hydrazone groups is 1. The second kappa shape index (κ2) is 6.36. The third-order valence-corrected chi connectivity index (χ3v) is 4.81. The Labute approximate surface area is 133 Å². The van der Waals surface area contributed by atoms with E-state index in [1.807, 2.05) is 36.5 Å². The zero-order valence-electron chi connectivity index (χ0n) is 12.8. The first-order valence-corrected chi connectivity index (χ1v) is 8.23. The van der Waals surface area contributed by atoms with Gasteiger partial charge in [0.15, 0.2) is 5.88 Å². The van der Waals surface area contributed by atoms with Crippen LogP contribution in [0, 0.1) is 0 Å². The molecule has 0 fully saturated rings. The number of nitrogens with one attached hydrogen (secondary N) is 1. The predicted octanol–water partition coefficient (Wildman–Crippen LogP) is 3.05. The van der Waals surface area contributed by atoms with Crippen LogP contribution in [0.3, 0.4) is 0 Å². The molecule has 3 rings (SSSR count). The van der Waals surface area contributed by atoms with E-state index in [1.54, 1.807) is 11.3 Å². The number of nitrogens with zero attached hydrogens (tertiary/aromatic N) is 2. The lowest BCUT2D eigenvalue weighted by molar-refractivity contribution is 0.0954. The fourth-order valence-corrected chi connectivity index (χ4v) is 3.68. The topological polar surface area (TPSA) is 57.8 Å². The Morgan fingerprint density at radius 3 is 2.95 bits per heavy atom. The molecule has 5 nitrogen and oxygen atoms in total. The number of thiophene rings is 1. The molecule has 2 heterocycles. The van der Waals surface area contributed by atoms with E-state index in [1.165, 1.54) is 23.1 Å². The molecule has 2 aromatic rings. The summed E-state index contributed by atoms with van der Waals surface area (Å²) < 4.78 is 5.54. The number of amides is 1. The molecule has 1 amide bonds. The van der Waals surface area contributed by atoms with Crippen molar-refractivity contribution in [2.75, 3.05) is 19.0 Å². The molecular weight excluding hydrogens is 298 g/mol. The molecule has 1 aliphatic carbocycles. The maximum atomic E-state index is 12.2. The van der Waals surface area contributed by atoms with Crippen LogP contribution in [0.2, 0.25) is 0 Å². The smallest absolute Gasteiger partial charge is 0.272 e. The highest BCUT2D eigenvalue weighted by Gasteiger charge is 2.19. The van der Waals surface area contributed by atoms with E-state index in [2.05, 4.69) is 10.5 Å². The first-order valence-electron chi connectivity index (χ1n) is 7.35. The van der Waals surface area contributed by atoms with E-state index in [0.29, 0.717) is 5.76 Å². The van der Waals surface area contributed by atoms with Gasteiger partial charge in [-0.2, -0.15) is 5.10 Å². The fraction of sp³-hybridized carbons (Fsp3) is 0.375. The highest BCUT2D eigenvalue weighted by Crippen LogP contribution is 2.30. The van der Waals surface area contributed by atoms with Gasteiger partial charge in [0.05, 0.1) is 11.8 Å². The third kappa shape index (κ3) is 3.06. The highest BCUT2D eigenvalue weighted by atomic mass is 32.1. The van der Waals surface area contributed by atoms with Crippen LogP contribution in [-0.4, -0.2) is 26.2 Å². The first-order chi connectivity index (χ1) is 10.6. The summed E-state index contributed by atoms with van der Waals surface area (Å²) in [4.78, 5) is 15.4. The summed E-state index contributed by atoms with van der Waals surface area (Å²) in [6.45, 7) is 0. The van der Waals surface area contributed by atoms with Gasteiger partial charge in [-0.3, -0.25) is 4.79 Å². The van der Waals surface area contributed by atoms with Crippen molar-refractivity contribution in [2.45, 2.75) is 25.7 Å². The quantitative estimate of drug-likeness (QED) is 0.696. The van der Waals surface area contributed by atoms with Gasteiger partial charge in [-0.25, -0.2) is 5.43 Å². The standard InChI is InChI=1S/C16H19N3O2S/c1-19(2)15-8-7-11(21-15)9-17-18-16(20)13-10-22-14-6-4-3-5-12(13)14/h7-10H,3-6H2,1-2H3,(H,18,20). The minimum absolute atomic E-state index is 0.143. The molecule has 116 valence electrons. The lowest BCUT2D eigenvalue weighted by Gasteiger charge is -2.11. The van der Waals surface area contributed by atoms with Gasteiger partial charge in [0.25, 0.3) is 5.91 Å². The maximum Gasteiger partial charge on any atom is 0.272 e. The van der Waals surface area contributed by atoms with Crippen LogP contribution in [-0.2, 0) is 12.8 Å². The van der Waals surface area contributed by atoms with Crippen molar-refractivity contribution in [3.63, 3.8) is 0 Å². The van der Waals surface area contributed by atoms with Crippen molar-refractivity contribution in [2.24, 2.45) is 5.10 Å². The number of aryl methyl sites for hydroxylation is 1. The zero-order chi connectivity index (χ0) is 15.5. The summed E-state index contributed by atoms with van der Waals surface area (Å²) >= 11 is 1.68. The average Bonchev–Trinajstić information content (AvgIpc) is 3.13. The van der Waals surface area contributed by atoms with Gasteiger partial charge in [-0.1, -0.05) is 0 Å². The van der Waals surface area contributed by atoms with Crippen molar-refractivity contribution in [3.8, 4) is 0 Å². The lowest BCUT2D eigenvalue weighted by Crippen LogP contribution is -2.19. The van der Waals surface area contributed by atoms with E-state index in [-0.39, 0.29) is 5.91 Å². The molecule has 1 aliphatic rings. The number of furan rings is 1. The number of carbonyl (C=O) groups is 1. The monoisotopic (exact) mass is 317 g/mol.